The number of amides is 1. The SMILES string of the molecule is CC(C)=C/C=C(\C)CNC(=O)c1cccc2c(-c3ccncc3)nn(C)c12. The number of rotatable bonds is 5. The van der Waals surface area contributed by atoms with E-state index in [4.69, 9.17) is 0 Å². The Hall–Kier alpha value is -3.21. The minimum Gasteiger partial charge on any atom is -0.348 e. The Morgan fingerprint density at radius 3 is 2.56 bits per heavy atom. The molecule has 27 heavy (non-hydrogen) atoms. The van der Waals surface area contributed by atoms with Gasteiger partial charge in [0.05, 0.1) is 11.1 Å². The van der Waals surface area contributed by atoms with E-state index in [-0.39, 0.29) is 5.91 Å². The molecule has 1 aromatic carbocycles. The number of pyridine rings is 1. The van der Waals surface area contributed by atoms with Gasteiger partial charge in [-0.1, -0.05) is 35.4 Å². The number of para-hydroxylation sites is 1. The lowest BCUT2D eigenvalue weighted by molar-refractivity contribution is 0.0958. The van der Waals surface area contributed by atoms with E-state index in [1.54, 1.807) is 17.1 Å². The first-order valence-corrected chi connectivity index (χ1v) is 8.92. The van der Waals surface area contributed by atoms with Gasteiger partial charge in [0.2, 0.25) is 0 Å². The van der Waals surface area contributed by atoms with E-state index >= 15 is 0 Å². The van der Waals surface area contributed by atoms with Crippen LogP contribution in [-0.2, 0) is 7.05 Å². The maximum Gasteiger partial charge on any atom is 0.253 e. The third kappa shape index (κ3) is 4.14. The molecule has 1 amide bonds. The predicted molar refractivity (Wildman–Crippen MR) is 109 cm³/mol. The summed E-state index contributed by atoms with van der Waals surface area (Å²) in [4.78, 5) is 16.9. The van der Waals surface area contributed by atoms with Crippen molar-refractivity contribution in [2.45, 2.75) is 20.8 Å². The third-order valence-electron chi connectivity index (χ3n) is 4.29. The Kier molecular flexibility index (Phi) is 5.50. The quantitative estimate of drug-likeness (QED) is 0.691. The minimum absolute atomic E-state index is 0.102. The topological polar surface area (TPSA) is 59.8 Å². The van der Waals surface area contributed by atoms with Crippen molar-refractivity contribution in [1.82, 2.24) is 20.1 Å². The first kappa shape index (κ1) is 18.6. The maximum absolute atomic E-state index is 12.8. The Morgan fingerprint density at radius 1 is 1.11 bits per heavy atom. The predicted octanol–water partition coefficient (Wildman–Crippen LogP) is 4.28. The molecule has 0 bridgehead atoms. The van der Waals surface area contributed by atoms with Gasteiger partial charge in [-0.05, 0) is 39.0 Å². The Labute approximate surface area is 159 Å². The van der Waals surface area contributed by atoms with Crippen LogP contribution in [-0.4, -0.2) is 27.2 Å². The van der Waals surface area contributed by atoms with E-state index in [0.717, 1.165) is 27.7 Å². The summed E-state index contributed by atoms with van der Waals surface area (Å²) >= 11 is 0. The van der Waals surface area contributed by atoms with Gasteiger partial charge in [0.1, 0.15) is 5.69 Å². The van der Waals surface area contributed by atoms with Crippen LogP contribution in [0.15, 0.2) is 66.0 Å². The van der Waals surface area contributed by atoms with Gasteiger partial charge < -0.3 is 5.32 Å². The second-order valence-corrected chi connectivity index (χ2v) is 6.85. The van der Waals surface area contributed by atoms with E-state index in [1.807, 2.05) is 70.3 Å². The Balaban J connectivity index is 1.92. The van der Waals surface area contributed by atoms with E-state index in [1.165, 1.54) is 5.57 Å². The van der Waals surface area contributed by atoms with Gasteiger partial charge in [0.15, 0.2) is 0 Å². The number of allylic oxidation sites excluding steroid dienone is 3. The zero-order valence-electron chi connectivity index (χ0n) is 16.2. The molecule has 2 heterocycles. The lowest BCUT2D eigenvalue weighted by Gasteiger charge is -2.07. The van der Waals surface area contributed by atoms with Gasteiger partial charge in [-0.15, -0.1) is 0 Å². The van der Waals surface area contributed by atoms with Crippen LogP contribution in [0.3, 0.4) is 0 Å². The van der Waals surface area contributed by atoms with Crippen molar-refractivity contribution in [2.24, 2.45) is 7.05 Å². The van der Waals surface area contributed by atoms with Gasteiger partial charge in [-0.2, -0.15) is 5.10 Å². The van der Waals surface area contributed by atoms with Crippen LogP contribution >= 0.6 is 0 Å². The molecule has 0 saturated heterocycles. The third-order valence-corrected chi connectivity index (χ3v) is 4.29. The Morgan fingerprint density at radius 2 is 1.85 bits per heavy atom. The minimum atomic E-state index is -0.102. The second-order valence-electron chi connectivity index (χ2n) is 6.85. The molecule has 0 unspecified atom stereocenters. The fraction of sp³-hybridized carbons (Fsp3) is 0.227. The molecule has 2 aromatic heterocycles. The average Bonchev–Trinajstić information content (AvgIpc) is 3.02. The molecule has 3 rings (SSSR count). The van der Waals surface area contributed by atoms with Crippen molar-refractivity contribution in [3.05, 3.63) is 71.6 Å². The van der Waals surface area contributed by atoms with Gasteiger partial charge >= 0.3 is 0 Å². The molecular weight excluding hydrogens is 336 g/mol. The lowest BCUT2D eigenvalue weighted by atomic mass is 10.1. The molecule has 0 radical (unpaired) electrons. The number of aromatic nitrogens is 3. The molecule has 0 atom stereocenters. The molecule has 5 heteroatoms. The fourth-order valence-corrected chi connectivity index (χ4v) is 2.93. The monoisotopic (exact) mass is 360 g/mol. The average molecular weight is 360 g/mol. The fourth-order valence-electron chi connectivity index (χ4n) is 2.93. The molecule has 0 saturated carbocycles. The maximum atomic E-state index is 12.8. The normalized spacial score (nSPS) is 11.5. The molecule has 0 aliphatic rings. The first-order chi connectivity index (χ1) is 13.0. The largest absolute Gasteiger partial charge is 0.348 e. The molecule has 0 aliphatic heterocycles. The number of nitrogens with one attached hydrogen (secondary N) is 1. The zero-order valence-corrected chi connectivity index (χ0v) is 16.2. The summed E-state index contributed by atoms with van der Waals surface area (Å²) in [7, 11) is 1.86. The lowest BCUT2D eigenvalue weighted by Crippen LogP contribution is -2.25. The Bertz CT molecular complexity index is 1030. The summed E-state index contributed by atoms with van der Waals surface area (Å²) in [6.45, 7) is 6.61. The number of hydrogen-bond donors (Lipinski definition) is 1. The molecule has 1 N–H and O–H groups in total. The molecule has 0 aliphatic carbocycles. The van der Waals surface area contributed by atoms with E-state index in [2.05, 4.69) is 15.4 Å². The number of fused-ring (bicyclic) bond motifs is 1. The van der Waals surface area contributed by atoms with Crippen LogP contribution in [0.25, 0.3) is 22.2 Å². The molecule has 5 nitrogen and oxygen atoms in total. The van der Waals surface area contributed by atoms with Crippen LogP contribution in [0.1, 0.15) is 31.1 Å². The zero-order chi connectivity index (χ0) is 19.4. The van der Waals surface area contributed by atoms with Crippen molar-refractivity contribution < 1.29 is 4.79 Å². The van der Waals surface area contributed by atoms with Crippen molar-refractivity contribution in [1.29, 1.82) is 0 Å². The standard InChI is InChI=1S/C22H24N4O/c1-15(2)8-9-16(3)14-24-22(27)19-7-5-6-18-20(25-26(4)21(18)19)17-10-12-23-13-11-17/h5-13H,14H2,1-4H3,(H,24,27)/b16-9+. The molecule has 0 spiro atoms. The highest BCUT2D eigenvalue weighted by atomic mass is 16.1. The van der Waals surface area contributed by atoms with E-state index in [9.17, 15) is 4.79 Å². The molecule has 0 fully saturated rings. The number of hydrogen-bond acceptors (Lipinski definition) is 3. The number of benzene rings is 1. The number of carbonyl (C=O) groups is 1. The van der Waals surface area contributed by atoms with E-state index in [0.29, 0.717) is 12.1 Å². The summed E-state index contributed by atoms with van der Waals surface area (Å²) in [6, 6.07) is 9.58. The highest BCUT2D eigenvalue weighted by molar-refractivity contribution is 6.08. The number of carbonyl (C=O) groups excluding carboxylic acids is 1. The van der Waals surface area contributed by atoms with Crippen LogP contribution in [0.2, 0.25) is 0 Å². The molecule has 3 aromatic rings. The van der Waals surface area contributed by atoms with Crippen molar-refractivity contribution in [3.63, 3.8) is 0 Å². The highest BCUT2D eigenvalue weighted by Gasteiger charge is 2.17. The van der Waals surface area contributed by atoms with Crippen molar-refractivity contribution in [3.8, 4) is 11.3 Å². The second kappa shape index (κ2) is 7.99. The van der Waals surface area contributed by atoms with E-state index < -0.39 is 0 Å². The van der Waals surface area contributed by atoms with Crippen LogP contribution in [0.4, 0.5) is 0 Å². The summed E-state index contributed by atoms with van der Waals surface area (Å²) in [5, 5.41) is 8.59. The summed E-state index contributed by atoms with van der Waals surface area (Å²) < 4.78 is 1.77. The van der Waals surface area contributed by atoms with Crippen molar-refractivity contribution >= 4 is 16.8 Å². The van der Waals surface area contributed by atoms with Gasteiger partial charge in [-0.3, -0.25) is 14.5 Å². The van der Waals surface area contributed by atoms with Gasteiger partial charge in [0.25, 0.3) is 5.91 Å². The van der Waals surface area contributed by atoms with Crippen LogP contribution < -0.4 is 5.32 Å². The number of nitrogens with zero attached hydrogens (tertiary/aromatic N) is 3. The molecule has 138 valence electrons. The summed E-state index contributed by atoms with van der Waals surface area (Å²) in [5.41, 5.74) is 5.60. The van der Waals surface area contributed by atoms with Gasteiger partial charge in [0, 0.05) is 36.9 Å². The van der Waals surface area contributed by atoms with Crippen LogP contribution in [0, 0.1) is 0 Å². The van der Waals surface area contributed by atoms with Crippen LogP contribution in [0.5, 0.6) is 0 Å². The van der Waals surface area contributed by atoms with Gasteiger partial charge in [-0.25, -0.2) is 0 Å². The van der Waals surface area contributed by atoms with Crippen molar-refractivity contribution in [2.75, 3.05) is 6.54 Å². The summed E-state index contributed by atoms with van der Waals surface area (Å²) in [5.74, 6) is -0.102. The number of aryl methyl sites for hydroxylation is 1. The highest BCUT2D eigenvalue weighted by Crippen LogP contribution is 2.29. The summed E-state index contributed by atoms with van der Waals surface area (Å²) in [6.07, 6.45) is 7.56. The molecular formula is C22H24N4O. The first-order valence-electron chi connectivity index (χ1n) is 8.92. The smallest absolute Gasteiger partial charge is 0.253 e.